The van der Waals surface area contributed by atoms with E-state index < -0.39 is 0 Å². The summed E-state index contributed by atoms with van der Waals surface area (Å²) in [5.74, 6) is -0.297. The van der Waals surface area contributed by atoms with Crippen LogP contribution in [0.25, 0.3) is 5.69 Å². The van der Waals surface area contributed by atoms with E-state index in [9.17, 15) is 9.18 Å². The molecule has 1 aromatic heterocycles. The zero-order valence-corrected chi connectivity index (χ0v) is 14.4. The highest BCUT2D eigenvalue weighted by molar-refractivity contribution is 5.94. The van der Waals surface area contributed by atoms with Crippen LogP contribution in [0.3, 0.4) is 0 Å². The number of aromatic nitrogens is 2. The van der Waals surface area contributed by atoms with Crippen LogP contribution < -0.4 is 0 Å². The fourth-order valence-electron chi connectivity index (χ4n) is 3.50. The molecule has 0 N–H and O–H groups in total. The number of piperidine rings is 1. The third-order valence-corrected chi connectivity index (χ3v) is 4.86. The maximum atomic E-state index is 13.4. The number of para-hydroxylation sites is 1. The first-order chi connectivity index (χ1) is 12.7. The molecule has 1 aliphatic rings. The predicted octanol–water partition coefficient (Wildman–Crippen LogP) is 4.03. The van der Waals surface area contributed by atoms with Crippen LogP contribution in [-0.2, 0) is 0 Å². The molecule has 132 valence electrons. The number of nitrogens with zero attached hydrogens (tertiary/aromatic N) is 3. The van der Waals surface area contributed by atoms with Gasteiger partial charge in [-0.15, -0.1) is 0 Å². The molecule has 3 aromatic rings. The lowest BCUT2D eigenvalue weighted by Gasteiger charge is -2.32. The van der Waals surface area contributed by atoms with Gasteiger partial charge in [0.15, 0.2) is 0 Å². The average molecular weight is 349 g/mol. The van der Waals surface area contributed by atoms with Crippen LogP contribution >= 0.6 is 0 Å². The lowest BCUT2D eigenvalue weighted by atomic mass is 9.94. The minimum absolute atomic E-state index is 0.114. The Morgan fingerprint density at radius 3 is 2.77 bits per heavy atom. The summed E-state index contributed by atoms with van der Waals surface area (Å²) >= 11 is 0. The van der Waals surface area contributed by atoms with Gasteiger partial charge in [0.25, 0.3) is 5.91 Å². The number of amides is 1. The number of carbonyl (C=O) groups is 1. The summed E-state index contributed by atoms with van der Waals surface area (Å²) in [6.07, 6.45) is 5.77. The largest absolute Gasteiger partial charge is 0.338 e. The van der Waals surface area contributed by atoms with E-state index in [4.69, 9.17) is 0 Å². The van der Waals surface area contributed by atoms with Crippen molar-refractivity contribution in [3.8, 4) is 5.69 Å². The van der Waals surface area contributed by atoms with E-state index in [0.29, 0.717) is 18.7 Å². The van der Waals surface area contributed by atoms with Crippen LogP contribution in [0.4, 0.5) is 4.39 Å². The second-order valence-electron chi connectivity index (χ2n) is 6.64. The third kappa shape index (κ3) is 3.38. The Balaban J connectivity index is 1.50. The van der Waals surface area contributed by atoms with Crippen molar-refractivity contribution in [1.82, 2.24) is 14.5 Å². The minimum Gasteiger partial charge on any atom is -0.338 e. The van der Waals surface area contributed by atoms with Crippen molar-refractivity contribution in [2.75, 3.05) is 13.1 Å². The number of benzene rings is 2. The van der Waals surface area contributed by atoms with Crippen molar-refractivity contribution in [1.29, 1.82) is 0 Å². The molecule has 1 fully saturated rings. The Morgan fingerprint density at radius 1 is 1.12 bits per heavy atom. The fourth-order valence-corrected chi connectivity index (χ4v) is 3.50. The summed E-state index contributed by atoms with van der Waals surface area (Å²) in [5, 5.41) is 0. The van der Waals surface area contributed by atoms with Crippen LogP contribution in [0.2, 0.25) is 0 Å². The molecule has 1 unspecified atom stereocenters. The molecule has 1 aliphatic heterocycles. The summed E-state index contributed by atoms with van der Waals surface area (Å²) in [5.41, 5.74) is 2.46. The molecular weight excluding hydrogens is 329 g/mol. The second kappa shape index (κ2) is 7.12. The van der Waals surface area contributed by atoms with Crippen molar-refractivity contribution >= 4 is 5.91 Å². The fraction of sp³-hybridized carbons (Fsp3) is 0.238. The molecule has 0 spiro atoms. The number of hydrogen-bond donors (Lipinski definition) is 0. The number of likely N-dealkylation sites (tertiary alicyclic amines) is 1. The Labute approximate surface area is 151 Å². The normalized spacial score (nSPS) is 17.3. The molecule has 1 saturated heterocycles. The van der Waals surface area contributed by atoms with E-state index >= 15 is 0 Å². The Hall–Kier alpha value is -2.95. The lowest BCUT2D eigenvalue weighted by molar-refractivity contribution is 0.0705. The Morgan fingerprint density at radius 2 is 1.96 bits per heavy atom. The van der Waals surface area contributed by atoms with Gasteiger partial charge >= 0.3 is 0 Å². The zero-order chi connectivity index (χ0) is 17.9. The van der Waals surface area contributed by atoms with E-state index in [1.807, 2.05) is 52.3 Å². The van der Waals surface area contributed by atoms with E-state index in [1.165, 1.54) is 12.1 Å². The van der Waals surface area contributed by atoms with Crippen molar-refractivity contribution in [2.24, 2.45) is 0 Å². The number of imidazole rings is 1. The summed E-state index contributed by atoms with van der Waals surface area (Å²) < 4.78 is 15.4. The van der Waals surface area contributed by atoms with Gasteiger partial charge in [-0.05, 0) is 43.2 Å². The molecule has 5 heteroatoms. The summed E-state index contributed by atoms with van der Waals surface area (Å²) in [7, 11) is 0. The summed E-state index contributed by atoms with van der Waals surface area (Å²) in [6.45, 7) is 1.31. The topological polar surface area (TPSA) is 38.1 Å². The van der Waals surface area contributed by atoms with Gasteiger partial charge in [0.05, 0.1) is 12.0 Å². The van der Waals surface area contributed by atoms with Gasteiger partial charge in [-0.3, -0.25) is 4.79 Å². The smallest absolute Gasteiger partial charge is 0.253 e. The second-order valence-corrected chi connectivity index (χ2v) is 6.64. The first kappa shape index (κ1) is 16.5. The number of hydrogen-bond acceptors (Lipinski definition) is 2. The monoisotopic (exact) mass is 349 g/mol. The number of halogens is 1. The summed E-state index contributed by atoms with van der Waals surface area (Å²) in [4.78, 5) is 19.1. The predicted molar refractivity (Wildman–Crippen MR) is 97.8 cm³/mol. The first-order valence-electron chi connectivity index (χ1n) is 8.85. The molecule has 0 bridgehead atoms. The van der Waals surface area contributed by atoms with Crippen molar-refractivity contribution in [2.45, 2.75) is 18.8 Å². The average Bonchev–Trinajstić information content (AvgIpc) is 3.18. The van der Waals surface area contributed by atoms with Crippen LogP contribution in [0.15, 0.2) is 67.1 Å². The molecular formula is C21H20FN3O. The Bertz CT molecular complexity index is 906. The zero-order valence-electron chi connectivity index (χ0n) is 14.4. The van der Waals surface area contributed by atoms with Gasteiger partial charge < -0.3 is 9.47 Å². The minimum atomic E-state index is -0.383. The molecule has 1 atom stereocenters. The highest BCUT2D eigenvalue weighted by Gasteiger charge is 2.27. The van der Waals surface area contributed by atoms with E-state index in [2.05, 4.69) is 4.98 Å². The molecule has 26 heavy (non-hydrogen) atoms. The lowest BCUT2D eigenvalue weighted by Crippen LogP contribution is -2.39. The molecule has 4 rings (SSSR count). The molecule has 2 heterocycles. The quantitative estimate of drug-likeness (QED) is 0.716. The maximum absolute atomic E-state index is 13.4. The number of rotatable bonds is 3. The highest BCUT2D eigenvalue weighted by atomic mass is 19.1. The van der Waals surface area contributed by atoms with E-state index in [0.717, 1.165) is 24.2 Å². The van der Waals surface area contributed by atoms with Gasteiger partial charge in [0.1, 0.15) is 5.82 Å². The van der Waals surface area contributed by atoms with E-state index in [-0.39, 0.29) is 17.6 Å². The SMILES string of the molecule is O=C(c1cccc(F)c1)N1CCCC(c2cn(-c3ccccc3)cn2)C1. The molecule has 0 radical (unpaired) electrons. The van der Waals surface area contributed by atoms with Crippen molar-refractivity contribution in [3.63, 3.8) is 0 Å². The molecule has 4 nitrogen and oxygen atoms in total. The van der Waals surface area contributed by atoms with Crippen molar-refractivity contribution < 1.29 is 9.18 Å². The van der Waals surface area contributed by atoms with Gasteiger partial charge in [-0.1, -0.05) is 24.3 Å². The molecule has 2 aromatic carbocycles. The van der Waals surface area contributed by atoms with Crippen LogP contribution in [-0.4, -0.2) is 33.4 Å². The summed E-state index contributed by atoms with van der Waals surface area (Å²) in [6, 6.07) is 15.9. The van der Waals surface area contributed by atoms with Crippen LogP contribution in [0, 0.1) is 5.82 Å². The third-order valence-electron chi connectivity index (χ3n) is 4.86. The molecule has 1 amide bonds. The molecule has 0 aliphatic carbocycles. The maximum Gasteiger partial charge on any atom is 0.253 e. The highest BCUT2D eigenvalue weighted by Crippen LogP contribution is 2.27. The Kier molecular flexibility index (Phi) is 4.52. The standard InChI is InChI=1S/C21H20FN3O/c22-18-8-4-6-16(12-18)21(26)24-11-5-7-17(13-24)20-14-25(15-23-20)19-9-2-1-3-10-19/h1-4,6,8-10,12,14-15,17H,5,7,11,13H2. The van der Waals surface area contributed by atoms with Gasteiger partial charge in [0.2, 0.25) is 0 Å². The van der Waals surface area contributed by atoms with Gasteiger partial charge in [-0.2, -0.15) is 0 Å². The van der Waals surface area contributed by atoms with Gasteiger partial charge in [0, 0.05) is 36.5 Å². The van der Waals surface area contributed by atoms with Gasteiger partial charge in [-0.25, -0.2) is 9.37 Å². The van der Waals surface area contributed by atoms with E-state index in [1.54, 1.807) is 12.1 Å². The first-order valence-corrected chi connectivity index (χ1v) is 8.85. The molecule has 0 saturated carbocycles. The number of carbonyl (C=O) groups excluding carboxylic acids is 1. The van der Waals surface area contributed by atoms with Crippen LogP contribution in [0.1, 0.15) is 34.8 Å². The van der Waals surface area contributed by atoms with Crippen LogP contribution in [0.5, 0.6) is 0 Å². The van der Waals surface area contributed by atoms with Crippen molar-refractivity contribution in [3.05, 3.63) is 84.2 Å².